The molecule has 3 rings (SSSR count). The van der Waals surface area contributed by atoms with Crippen molar-refractivity contribution in [3.8, 4) is 5.75 Å². The lowest BCUT2D eigenvalue weighted by Gasteiger charge is -2.21. The zero-order valence-electron chi connectivity index (χ0n) is 23.5. The van der Waals surface area contributed by atoms with Crippen molar-refractivity contribution in [3.63, 3.8) is 0 Å². The van der Waals surface area contributed by atoms with Crippen LogP contribution in [-0.2, 0) is 38.8 Å². The third-order valence-corrected chi connectivity index (χ3v) is 6.50. The van der Waals surface area contributed by atoms with E-state index in [0.717, 1.165) is 16.7 Å². The van der Waals surface area contributed by atoms with Crippen LogP contribution >= 0.6 is 0 Å². The molecule has 3 atom stereocenters. The van der Waals surface area contributed by atoms with Gasteiger partial charge in [-0.3, -0.25) is 9.59 Å². The van der Waals surface area contributed by atoms with Crippen molar-refractivity contribution in [1.82, 2.24) is 10.6 Å². The first-order valence-electron chi connectivity index (χ1n) is 13.8. The molecule has 0 aromatic heterocycles. The van der Waals surface area contributed by atoms with E-state index in [9.17, 15) is 24.6 Å². The lowest BCUT2D eigenvalue weighted by atomic mass is 9.98. The van der Waals surface area contributed by atoms with E-state index in [2.05, 4.69) is 17.2 Å². The molecule has 0 unspecified atom stereocenters. The molecule has 0 saturated carbocycles. The van der Waals surface area contributed by atoms with E-state index in [1.165, 1.54) is 6.08 Å². The number of benzene rings is 3. The fraction of sp³-hybridized carbons (Fsp3) is 0.303. The van der Waals surface area contributed by atoms with E-state index in [4.69, 9.17) is 9.47 Å². The SMILES string of the molecule is C=CC[C@@H](CC(=O)N[C@H](CO)Cc1ccc(OCc2ccccc2)cc1)C(=O)N[C@H](CO)C(=O)OCc1ccccc1. The molecule has 9 heteroatoms. The summed E-state index contributed by atoms with van der Waals surface area (Å²) in [4.78, 5) is 38.2. The second-order valence-electron chi connectivity index (χ2n) is 9.83. The van der Waals surface area contributed by atoms with Crippen LogP contribution in [0, 0.1) is 5.92 Å². The fourth-order valence-corrected chi connectivity index (χ4v) is 4.20. The van der Waals surface area contributed by atoms with E-state index >= 15 is 0 Å². The summed E-state index contributed by atoms with van der Waals surface area (Å²) in [6.07, 6.45) is 1.85. The number of hydrogen-bond donors (Lipinski definition) is 4. The number of aliphatic hydroxyl groups excluding tert-OH is 2. The Labute approximate surface area is 246 Å². The van der Waals surface area contributed by atoms with Gasteiger partial charge < -0.3 is 30.3 Å². The molecule has 0 aliphatic carbocycles. The Morgan fingerprint density at radius 2 is 1.40 bits per heavy atom. The summed E-state index contributed by atoms with van der Waals surface area (Å²) in [5, 5.41) is 24.8. The minimum absolute atomic E-state index is 0.00345. The molecule has 3 aromatic rings. The highest BCUT2D eigenvalue weighted by molar-refractivity contribution is 5.89. The zero-order chi connectivity index (χ0) is 30.2. The average Bonchev–Trinajstić information content (AvgIpc) is 3.02. The van der Waals surface area contributed by atoms with Gasteiger partial charge in [0, 0.05) is 6.42 Å². The van der Waals surface area contributed by atoms with Crippen LogP contribution in [0.25, 0.3) is 0 Å². The number of aliphatic hydroxyl groups is 2. The van der Waals surface area contributed by atoms with Gasteiger partial charge in [-0.1, -0.05) is 78.9 Å². The first-order valence-corrected chi connectivity index (χ1v) is 13.8. The summed E-state index contributed by atoms with van der Waals surface area (Å²) in [6.45, 7) is 3.15. The molecule has 42 heavy (non-hydrogen) atoms. The van der Waals surface area contributed by atoms with Crippen LogP contribution < -0.4 is 15.4 Å². The number of carbonyl (C=O) groups is 3. The molecule has 3 aromatic carbocycles. The Morgan fingerprint density at radius 1 is 0.786 bits per heavy atom. The van der Waals surface area contributed by atoms with Gasteiger partial charge in [-0.05, 0) is 41.7 Å². The number of nitrogens with one attached hydrogen (secondary N) is 2. The molecular weight excluding hydrogens is 536 g/mol. The van der Waals surface area contributed by atoms with Crippen LogP contribution in [0.3, 0.4) is 0 Å². The van der Waals surface area contributed by atoms with Crippen molar-refractivity contribution < 1.29 is 34.1 Å². The number of carbonyl (C=O) groups excluding carboxylic acids is 3. The molecule has 0 spiro atoms. The molecule has 4 N–H and O–H groups in total. The summed E-state index contributed by atoms with van der Waals surface area (Å²) in [7, 11) is 0. The second kappa shape index (κ2) is 17.4. The van der Waals surface area contributed by atoms with E-state index in [0.29, 0.717) is 18.8 Å². The van der Waals surface area contributed by atoms with Crippen molar-refractivity contribution in [2.45, 2.75) is 44.6 Å². The normalized spacial score (nSPS) is 12.8. The summed E-state index contributed by atoms with van der Waals surface area (Å²) in [5.74, 6) is -1.94. The zero-order valence-corrected chi connectivity index (χ0v) is 23.5. The van der Waals surface area contributed by atoms with Gasteiger partial charge in [0.2, 0.25) is 11.8 Å². The lowest BCUT2D eigenvalue weighted by molar-refractivity contribution is -0.150. The van der Waals surface area contributed by atoms with Crippen molar-refractivity contribution >= 4 is 17.8 Å². The quantitative estimate of drug-likeness (QED) is 0.144. The van der Waals surface area contributed by atoms with Crippen LogP contribution in [0.4, 0.5) is 0 Å². The predicted molar refractivity (Wildman–Crippen MR) is 158 cm³/mol. The molecule has 2 amide bonds. The maximum atomic E-state index is 12.9. The summed E-state index contributed by atoms with van der Waals surface area (Å²) in [6, 6.07) is 24.4. The van der Waals surface area contributed by atoms with E-state index in [1.807, 2.05) is 60.7 Å². The van der Waals surface area contributed by atoms with E-state index < -0.39 is 42.4 Å². The molecular formula is C33H38N2O7. The highest BCUT2D eigenvalue weighted by atomic mass is 16.5. The van der Waals surface area contributed by atoms with Gasteiger partial charge in [-0.25, -0.2) is 4.79 Å². The number of hydrogen-bond acceptors (Lipinski definition) is 7. The summed E-state index contributed by atoms with van der Waals surface area (Å²) >= 11 is 0. The molecule has 222 valence electrons. The Bertz CT molecular complexity index is 1270. The van der Waals surface area contributed by atoms with Gasteiger partial charge in [0.15, 0.2) is 6.04 Å². The third kappa shape index (κ3) is 10.8. The van der Waals surface area contributed by atoms with Crippen LogP contribution in [0.5, 0.6) is 5.75 Å². The van der Waals surface area contributed by atoms with Crippen molar-refractivity contribution in [1.29, 1.82) is 0 Å². The number of ether oxygens (including phenoxy) is 2. The van der Waals surface area contributed by atoms with Crippen LogP contribution in [0.2, 0.25) is 0 Å². The first-order chi connectivity index (χ1) is 20.4. The standard InChI is InChI=1S/C33H38N2O7/c1-2-9-27(32(39)35-30(21-37)33(40)42-23-26-12-7-4-8-13-26)19-31(38)34-28(20-36)18-24-14-16-29(17-15-24)41-22-25-10-5-3-6-11-25/h2-8,10-17,27-28,30,36-37H,1,9,18-23H2,(H,34,38)(H,35,39)/t27-,28-,30+/m0/s1. The number of esters is 1. The third-order valence-electron chi connectivity index (χ3n) is 6.50. The number of rotatable bonds is 17. The molecule has 0 fully saturated rings. The Morgan fingerprint density at radius 3 is 1.98 bits per heavy atom. The molecule has 0 heterocycles. The number of allylic oxidation sites excluding steroid dienone is 1. The highest BCUT2D eigenvalue weighted by Gasteiger charge is 2.28. The van der Waals surface area contributed by atoms with Gasteiger partial charge in [-0.15, -0.1) is 6.58 Å². The van der Waals surface area contributed by atoms with Crippen LogP contribution in [0.1, 0.15) is 29.5 Å². The minimum Gasteiger partial charge on any atom is -0.489 e. The summed E-state index contributed by atoms with van der Waals surface area (Å²) < 4.78 is 11.0. The first kappa shape index (κ1) is 32.0. The molecule has 0 saturated heterocycles. The minimum atomic E-state index is -1.28. The maximum absolute atomic E-state index is 12.9. The van der Waals surface area contributed by atoms with Crippen molar-refractivity contribution in [2.75, 3.05) is 13.2 Å². The molecule has 0 aliphatic rings. The van der Waals surface area contributed by atoms with Gasteiger partial charge in [-0.2, -0.15) is 0 Å². The largest absolute Gasteiger partial charge is 0.489 e. The Balaban J connectivity index is 1.49. The Kier molecular flexibility index (Phi) is 13.3. The fourth-order valence-electron chi connectivity index (χ4n) is 4.20. The van der Waals surface area contributed by atoms with Crippen LogP contribution in [-0.4, -0.2) is 53.3 Å². The maximum Gasteiger partial charge on any atom is 0.331 e. The summed E-state index contributed by atoms with van der Waals surface area (Å²) in [5.41, 5.74) is 2.71. The van der Waals surface area contributed by atoms with E-state index in [-0.39, 0.29) is 26.1 Å². The topological polar surface area (TPSA) is 134 Å². The van der Waals surface area contributed by atoms with Crippen molar-refractivity contribution in [2.24, 2.45) is 5.92 Å². The second-order valence-corrected chi connectivity index (χ2v) is 9.83. The monoisotopic (exact) mass is 574 g/mol. The number of amides is 2. The molecule has 0 bridgehead atoms. The Hall–Kier alpha value is -4.47. The van der Waals surface area contributed by atoms with Gasteiger partial charge in [0.05, 0.1) is 25.2 Å². The molecule has 9 nitrogen and oxygen atoms in total. The average molecular weight is 575 g/mol. The van der Waals surface area contributed by atoms with Crippen LogP contribution in [0.15, 0.2) is 97.6 Å². The van der Waals surface area contributed by atoms with Gasteiger partial charge in [0.25, 0.3) is 0 Å². The molecule has 0 radical (unpaired) electrons. The lowest BCUT2D eigenvalue weighted by Crippen LogP contribution is -2.48. The predicted octanol–water partition coefficient (Wildman–Crippen LogP) is 3.09. The van der Waals surface area contributed by atoms with Crippen molar-refractivity contribution in [3.05, 3.63) is 114 Å². The van der Waals surface area contributed by atoms with E-state index in [1.54, 1.807) is 24.3 Å². The smallest absolute Gasteiger partial charge is 0.331 e. The molecule has 0 aliphatic heterocycles. The van der Waals surface area contributed by atoms with Gasteiger partial charge >= 0.3 is 5.97 Å². The highest BCUT2D eigenvalue weighted by Crippen LogP contribution is 2.16. The van der Waals surface area contributed by atoms with Gasteiger partial charge in [0.1, 0.15) is 19.0 Å².